The van der Waals surface area contributed by atoms with Gasteiger partial charge in [-0.2, -0.15) is 18.3 Å². The molecule has 0 spiro atoms. The van der Waals surface area contributed by atoms with Crippen LogP contribution in [0.4, 0.5) is 13.2 Å². The molecule has 0 bridgehead atoms. The maximum Gasteiger partial charge on any atom is 0.435 e. The lowest BCUT2D eigenvalue weighted by molar-refractivity contribution is -0.142. The second-order valence-electron chi connectivity index (χ2n) is 4.30. The second kappa shape index (κ2) is 3.79. The second-order valence-corrected chi connectivity index (χ2v) is 4.30. The monoisotopic (exact) mass is 232 g/mol. The van der Waals surface area contributed by atoms with E-state index in [1.54, 1.807) is 4.68 Å². The summed E-state index contributed by atoms with van der Waals surface area (Å²) in [7, 11) is 0. The Balaban J connectivity index is 2.45. The molecule has 0 radical (unpaired) electrons. The number of hydrogen-bond acceptors (Lipinski definition) is 1. The molecule has 0 atom stereocenters. The van der Waals surface area contributed by atoms with Gasteiger partial charge >= 0.3 is 6.18 Å². The molecule has 0 aromatic carbocycles. The Kier molecular flexibility index (Phi) is 2.72. The van der Waals surface area contributed by atoms with E-state index in [4.69, 9.17) is 0 Å². The van der Waals surface area contributed by atoms with Crippen molar-refractivity contribution in [3.63, 3.8) is 0 Å². The Morgan fingerprint density at radius 1 is 1.38 bits per heavy atom. The smallest absolute Gasteiger partial charge is 0.266 e. The maximum atomic E-state index is 12.7. The van der Waals surface area contributed by atoms with Crippen molar-refractivity contribution in [3.8, 4) is 0 Å². The Morgan fingerprint density at radius 3 is 2.38 bits per heavy atom. The van der Waals surface area contributed by atoms with Gasteiger partial charge in [0.25, 0.3) is 0 Å². The number of rotatable bonds is 2. The number of aromatic nitrogens is 2. The van der Waals surface area contributed by atoms with Crippen molar-refractivity contribution in [1.82, 2.24) is 9.78 Å². The zero-order valence-electron chi connectivity index (χ0n) is 9.43. The van der Waals surface area contributed by atoms with Gasteiger partial charge in [-0.25, -0.2) is 0 Å². The van der Waals surface area contributed by atoms with Crippen LogP contribution in [0.5, 0.6) is 0 Å². The summed E-state index contributed by atoms with van der Waals surface area (Å²) in [4.78, 5) is 0. The highest BCUT2D eigenvalue weighted by Gasteiger charge is 2.38. The topological polar surface area (TPSA) is 17.8 Å². The molecule has 0 amide bonds. The molecule has 90 valence electrons. The van der Waals surface area contributed by atoms with Crippen LogP contribution < -0.4 is 0 Å². The van der Waals surface area contributed by atoms with Crippen LogP contribution in [0.3, 0.4) is 0 Å². The van der Waals surface area contributed by atoms with E-state index < -0.39 is 11.9 Å². The lowest BCUT2D eigenvalue weighted by atomic mass is 9.93. The van der Waals surface area contributed by atoms with E-state index in [2.05, 4.69) is 5.10 Å². The van der Waals surface area contributed by atoms with Crippen LogP contribution in [-0.2, 0) is 12.6 Å². The quantitative estimate of drug-likeness (QED) is 0.763. The number of nitrogens with zero attached hydrogens (tertiary/aromatic N) is 2. The van der Waals surface area contributed by atoms with Gasteiger partial charge in [0.05, 0.1) is 6.04 Å². The average molecular weight is 232 g/mol. The van der Waals surface area contributed by atoms with Gasteiger partial charge < -0.3 is 0 Å². The summed E-state index contributed by atoms with van der Waals surface area (Å²) < 4.78 is 39.7. The SMILES string of the molecule is CCc1c(C)c(C(F)(F)F)nn1C1CCC1. The van der Waals surface area contributed by atoms with Crippen LogP contribution in [0, 0.1) is 6.92 Å². The van der Waals surface area contributed by atoms with Crippen molar-refractivity contribution >= 4 is 0 Å². The van der Waals surface area contributed by atoms with Crippen LogP contribution in [0.15, 0.2) is 0 Å². The molecular formula is C11H15F3N2. The molecule has 0 N–H and O–H groups in total. The summed E-state index contributed by atoms with van der Waals surface area (Å²) in [6, 6.07) is 0.185. The third-order valence-corrected chi connectivity index (χ3v) is 3.30. The molecule has 1 saturated carbocycles. The van der Waals surface area contributed by atoms with E-state index in [0.29, 0.717) is 12.0 Å². The van der Waals surface area contributed by atoms with E-state index in [9.17, 15) is 13.2 Å². The summed E-state index contributed by atoms with van der Waals surface area (Å²) in [5.74, 6) is 0. The van der Waals surface area contributed by atoms with Gasteiger partial charge in [-0.05, 0) is 32.6 Å². The fourth-order valence-electron chi connectivity index (χ4n) is 2.18. The average Bonchev–Trinajstić information content (AvgIpc) is 2.39. The van der Waals surface area contributed by atoms with E-state index in [0.717, 1.165) is 25.0 Å². The first-order chi connectivity index (χ1) is 7.45. The molecule has 1 aromatic heterocycles. The van der Waals surface area contributed by atoms with Gasteiger partial charge in [-0.3, -0.25) is 4.68 Å². The van der Waals surface area contributed by atoms with Crippen LogP contribution in [-0.4, -0.2) is 9.78 Å². The van der Waals surface area contributed by atoms with E-state index in [1.165, 1.54) is 6.92 Å². The minimum Gasteiger partial charge on any atom is -0.266 e. The van der Waals surface area contributed by atoms with Gasteiger partial charge in [0.15, 0.2) is 5.69 Å². The van der Waals surface area contributed by atoms with Crippen molar-refractivity contribution in [2.75, 3.05) is 0 Å². The van der Waals surface area contributed by atoms with Gasteiger partial charge in [0.2, 0.25) is 0 Å². The molecule has 1 fully saturated rings. The molecule has 2 rings (SSSR count). The van der Waals surface area contributed by atoms with Crippen molar-refractivity contribution in [1.29, 1.82) is 0 Å². The van der Waals surface area contributed by atoms with E-state index in [1.807, 2.05) is 6.92 Å². The summed E-state index contributed by atoms with van der Waals surface area (Å²) >= 11 is 0. The predicted octanol–water partition coefficient (Wildman–Crippen LogP) is 3.50. The molecule has 1 heterocycles. The first kappa shape index (κ1) is 11.5. The van der Waals surface area contributed by atoms with Crippen LogP contribution in [0.1, 0.15) is 49.2 Å². The Morgan fingerprint density at radius 2 is 2.00 bits per heavy atom. The first-order valence-corrected chi connectivity index (χ1v) is 5.60. The molecule has 5 heteroatoms. The maximum absolute atomic E-state index is 12.7. The lowest BCUT2D eigenvalue weighted by Gasteiger charge is -2.27. The zero-order valence-corrected chi connectivity index (χ0v) is 9.43. The summed E-state index contributed by atoms with van der Waals surface area (Å²) in [5, 5.41) is 3.77. The molecule has 16 heavy (non-hydrogen) atoms. The molecule has 1 aliphatic carbocycles. The standard InChI is InChI=1S/C11H15F3N2/c1-3-9-7(2)10(11(12,13)14)15-16(9)8-5-4-6-8/h8H,3-6H2,1-2H3. The first-order valence-electron chi connectivity index (χ1n) is 5.60. The Labute approximate surface area is 92.4 Å². The Hall–Kier alpha value is -1.00. The van der Waals surface area contributed by atoms with Crippen LogP contribution >= 0.6 is 0 Å². The van der Waals surface area contributed by atoms with Gasteiger partial charge in [0, 0.05) is 11.3 Å². The minimum atomic E-state index is -4.33. The van der Waals surface area contributed by atoms with Crippen LogP contribution in [0.25, 0.3) is 0 Å². The van der Waals surface area contributed by atoms with Gasteiger partial charge in [-0.1, -0.05) is 6.92 Å². The molecule has 1 aromatic rings. The molecule has 0 saturated heterocycles. The predicted molar refractivity (Wildman–Crippen MR) is 54.2 cm³/mol. The van der Waals surface area contributed by atoms with Gasteiger partial charge in [-0.15, -0.1) is 0 Å². The summed E-state index contributed by atoms with van der Waals surface area (Å²) in [5.41, 5.74) is 0.315. The summed E-state index contributed by atoms with van der Waals surface area (Å²) in [6.45, 7) is 3.39. The third-order valence-electron chi connectivity index (χ3n) is 3.30. The Bertz CT molecular complexity index is 389. The largest absolute Gasteiger partial charge is 0.435 e. The van der Waals surface area contributed by atoms with Gasteiger partial charge in [0.1, 0.15) is 0 Å². The molecule has 0 unspecified atom stereocenters. The van der Waals surface area contributed by atoms with Crippen molar-refractivity contribution in [3.05, 3.63) is 17.0 Å². The van der Waals surface area contributed by atoms with E-state index >= 15 is 0 Å². The normalized spacial score (nSPS) is 17.6. The van der Waals surface area contributed by atoms with Crippen LogP contribution in [0.2, 0.25) is 0 Å². The van der Waals surface area contributed by atoms with E-state index in [-0.39, 0.29) is 6.04 Å². The minimum absolute atomic E-state index is 0.185. The highest BCUT2D eigenvalue weighted by molar-refractivity contribution is 5.27. The van der Waals surface area contributed by atoms with Crippen molar-refractivity contribution in [2.45, 2.75) is 51.7 Å². The zero-order chi connectivity index (χ0) is 11.9. The fourth-order valence-corrected chi connectivity index (χ4v) is 2.18. The highest BCUT2D eigenvalue weighted by atomic mass is 19.4. The fraction of sp³-hybridized carbons (Fsp3) is 0.727. The number of alkyl halides is 3. The number of halogens is 3. The third kappa shape index (κ3) is 1.72. The highest BCUT2D eigenvalue weighted by Crippen LogP contribution is 2.37. The molecular weight excluding hydrogens is 217 g/mol. The lowest BCUT2D eigenvalue weighted by Crippen LogP contribution is -2.20. The number of hydrogen-bond donors (Lipinski definition) is 0. The summed E-state index contributed by atoms with van der Waals surface area (Å²) in [6.07, 6.45) is -0.737. The van der Waals surface area contributed by atoms with Crippen molar-refractivity contribution in [2.24, 2.45) is 0 Å². The molecule has 1 aliphatic rings. The molecule has 0 aliphatic heterocycles. The van der Waals surface area contributed by atoms with Crippen molar-refractivity contribution < 1.29 is 13.2 Å². The molecule has 2 nitrogen and oxygen atoms in total.